The molecule has 0 radical (unpaired) electrons. The molecule has 10 heavy (non-hydrogen) atoms. The van der Waals surface area contributed by atoms with Gasteiger partial charge in [-0.15, -0.1) is 0 Å². The van der Waals surface area contributed by atoms with Gasteiger partial charge in [-0.3, -0.25) is 0 Å². The van der Waals surface area contributed by atoms with E-state index in [1.54, 1.807) is 13.8 Å². The Bertz CT molecular complexity index is 188. The maximum atomic E-state index is 10.2. The van der Waals surface area contributed by atoms with Crippen molar-refractivity contribution in [1.82, 2.24) is 0 Å². The Labute approximate surface area is 60.0 Å². The summed E-state index contributed by atoms with van der Waals surface area (Å²) in [7, 11) is 0. The zero-order valence-electron chi connectivity index (χ0n) is 6.09. The highest BCUT2D eigenvalue weighted by Crippen LogP contribution is 2.01. The van der Waals surface area contributed by atoms with Gasteiger partial charge in [0.15, 0.2) is 0 Å². The predicted octanol–water partition coefficient (Wildman–Crippen LogP) is 0.839. The fraction of sp³-hybridized carbons (Fsp3) is 0.429. The third kappa shape index (κ3) is 3.75. The van der Waals surface area contributed by atoms with Crippen molar-refractivity contribution in [2.24, 2.45) is 4.99 Å². The van der Waals surface area contributed by atoms with Crippen LogP contribution in [0.2, 0.25) is 0 Å². The van der Waals surface area contributed by atoms with E-state index in [9.17, 15) is 4.79 Å². The number of nitrogens with one attached hydrogen (secondary N) is 1. The van der Waals surface area contributed by atoms with Gasteiger partial charge in [0.05, 0.1) is 0 Å². The van der Waals surface area contributed by atoms with Gasteiger partial charge in [-0.2, -0.15) is 0 Å². The minimum absolute atomic E-state index is 0.709. The summed E-state index contributed by atoms with van der Waals surface area (Å²) in [6.07, 6.45) is 3.13. The molecular formula is C7H10N2O. The van der Waals surface area contributed by atoms with Crippen LogP contribution in [0.5, 0.6) is 0 Å². The highest BCUT2D eigenvalue weighted by atomic mass is 16.1. The van der Waals surface area contributed by atoms with Crippen molar-refractivity contribution in [2.75, 3.05) is 0 Å². The average molecular weight is 138 g/mol. The van der Waals surface area contributed by atoms with E-state index in [2.05, 4.69) is 10.9 Å². The summed E-state index contributed by atoms with van der Waals surface area (Å²) >= 11 is 0. The van der Waals surface area contributed by atoms with Crippen molar-refractivity contribution in [1.29, 1.82) is 5.41 Å². The lowest BCUT2D eigenvalue weighted by Crippen LogP contribution is -2.17. The topological polar surface area (TPSA) is 53.3 Å². The summed E-state index contributed by atoms with van der Waals surface area (Å²) < 4.78 is 0. The lowest BCUT2D eigenvalue weighted by Gasteiger charge is -2.05. The highest BCUT2D eigenvalue weighted by molar-refractivity contribution is 5.81. The summed E-state index contributed by atoms with van der Waals surface area (Å²) in [5.41, 5.74) is -0.709. The zero-order valence-corrected chi connectivity index (χ0v) is 6.09. The monoisotopic (exact) mass is 138 g/mol. The molecule has 0 aliphatic heterocycles. The average Bonchev–Trinajstić information content (AvgIpc) is 1.89. The van der Waals surface area contributed by atoms with Crippen molar-refractivity contribution in [3.63, 3.8) is 0 Å². The van der Waals surface area contributed by atoms with E-state index < -0.39 is 5.54 Å². The van der Waals surface area contributed by atoms with Gasteiger partial charge in [0.1, 0.15) is 11.8 Å². The van der Waals surface area contributed by atoms with Crippen LogP contribution in [0, 0.1) is 5.41 Å². The number of aliphatic imine (C=N–C) groups is 1. The normalized spacial score (nSPS) is 9.40. The molecule has 0 aliphatic rings. The van der Waals surface area contributed by atoms with Crippen molar-refractivity contribution >= 4 is 18.4 Å². The van der Waals surface area contributed by atoms with Crippen molar-refractivity contribution in [3.05, 3.63) is 6.08 Å². The quantitative estimate of drug-likeness (QED) is 0.456. The Kier molecular flexibility index (Phi) is 3.29. The first-order valence-corrected chi connectivity index (χ1v) is 2.88. The first-order valence-electron chi connectivity index (χ1n) is 2.88. The van der Waals surface area contributed by atoms with E-state index in [4.69, 9.17) is 5.41 Å². The van der Waals surface area contributed by atoms with E-state index in [0.717, 1.165) is 12.5 Å². The molecule has 0 saturated carbocycles. The summed E-state index contributed by atoms with van der Waals surface area (Å²) in [5, 5.41) is 6.58. The Morgan fingerprint density at radius 3 is 2.60 bits per heavy atom. The number of carbonyl (C=O) groups excluding carboxylic acids is 1. The van der Waals surface area contributed by atoms with Crippen LogP contribution in [0.1, 0.15) is 13.8 Å². The zero-order chi connectivity index (χ0) is 8.04. The molecule has 0 amide bonds. The van der Waals surface area contributed by atoms with Gasteiger partial charge in [-0.25, -0.2) is 4.99 Å². The molecule has 0 aromatic heterocycles. The van der Waals surface area contributed by atoms with Crippen molar-refractivity contribution in [2.45, 2.75) is 19.4 Å². The van der Waals surface area contributed by atoms with E-state index in [0.29, 0.717) is 0 Å². The predicted molar refractivity (Wildman–Crippen MR) is 40.9 cm³/mol. The summed E-state index contributed by atoms with van der Waals surface area (Å²) in [5.74, 6) is 2.45. The molecule has 0 aromatic carbocycles. The molecule has 0 fully saturated rings. The van der Waals surface area contributed by atoms with Crippen LogP contribution in [0.4, 0.5) is 0 Å². The molecule has 0 rings (SSSR count). The first kappa shape index (κ1) is 8.79. The second kappa shape index (κ2) is 3.75. The van der Waals surface area contributed by atoms with E-state index in [-0.39, 0.29) is 0 Å². The number of aldehydes is 1. The molecule has 0 saturated heterocycles. The summed E-state index contributed by atoms with van der Waals surface area (Å²) in [6, 6.07) is 0. The third-order valence-electron chi connectivity index (χ3n) is 0.799. The summed E-state index contributed by atoms with van der Waals surface area (Å²) in [6.45, 7) is 3.34. The van der Waals surface area contributed by atoms with E-state index in [1.165, 1.54) is 6.08 Å². The highest BCUT2D eigenvalue weighted by Gasteiger charge is 2.11. The molecule has 0 aromatic rings. The van der Waals surface area contributed by atoms with Crippen LogP contribution < -0.4 is 0 Å². The first-order chi connectivity index (χ1) is 4.62. The van der Waals surface area contributed by atoms with Crippen LogP contribution in [0.3, 0.4) is 0 Å². The fourth-order valence-corrected chi connectivity index (χ4v) is 0.267. The van der Waals surface area contributed by atoms with Gasteiger partial charge in [-0.1, -0.05) is 0 Å². The molecule has 0 unspecified atom stereocenters. The number of hydrogen-bond acceptors (Lipinski definition) is 3. The summed E-state index contributed by atoms with van der Waals surface area (Å²) in [4.78, 5) is 14.0. The SMILES string of the molecule is CC(C)(C=O)N=C=CC=N. The third-order valence-corrected chi connectivity index (χ3v) is 0.799. The largest absolute Gasteiger partial charge is 0.308 e. The number of allylic oxidation sites excluding steroid dienone is 1. The van der Waals surface area contributed by atoms with Crippen LogP contribution in [-0.2, 0) is 4.79 Å². The van der Waals surface area contributed by atoms with E-state index >= 15 is 0 Å². The van der Waals surface area contributed by atoms with Crippen molar-refractivity contribution < 1.29 is 4.79 Å². The number of hydrogen-bond donors (Lipinski definition) is 1. The van der Waals surface area contributed by atoms with Crippen LogP contribution >= 0.6 is 0 Å². The van der Waals surface area contributed by atoms with Crippen LogP contribution in [-0.4, -0.2) is 23.9 Å². The molecule has 54 valence electrons. The smallest absolute Gasteiger partial charge is 0.147 e. The van der Waals surface area contributed by atoms with Gasteiger partial charge in [0.2, 0.25) is 0 Å². The lowest BCUT2D eigenvalue weighted by atomic mass is 10.1. The molecule has 1 N–H and O–H groups in total. The molecule has 3 nitrogen and oxygen atoms in total. The lowest BCUT2D eigenvalue weighted by molar-refractivity contribution is -0.111. The minimum Gasteiger partial charge on any atom is -0.308 e. The minimum atomic E-state index is -0.709. The molecule has 3 heteroatoms. The molecular weight excluding hydrogens is 128 g/mol. The van der Waals surface area contributed by atoms with Gasteiger partial charge < -0.3 is 10.2 Å². The van der Waals surface area contributed by atoms with Crippen molar-refractivity contribution in [3.8, 4) is 0 Å². The number of nitrogens with zero attached hydrogens (tertiary/aromatic N) is 1. The van der Waals surface area contributed by atoms with Gasteiger partial charge in [0, 0.05) is 12.3 Å². The van der Waals surface area contributed by atoms with E-state index in [1.807, 2.05) is 0 Å². The molecule has 0 spiro atoms. The van der Waals surface area contributed by atoms with Gasteiger partial charge in [-0.05, 0) is 19.7 Å². The number of rotatable bonds is 3. The maximum Gasteiger partial charge on any atom is 0.147 e. The Hall–Kier alpha value is -1.21. The number of carbonyl (C=O) groups is 1. The Morgan fingerprint density at radius 1 is 1.60 bits per heavy atom. The second-order valence-electron chi connectivity index (χ2n) is 2.35. The van der Waals surface area contributed by atoms with Crippen LogP contribution in [0.15, 0.2) is 11.1 Å². The fourth-order valence-electron chi connectivity index (χ4n) is 0.267. The Balaban J connectivity index is 4.24. The Morgan fingerprint density at radius 2 is 2.20 bits per heavy atom. The maximum absolute atomic E-state index is 10.2. The molecule has 0 aliphatic carbocycles. The van der Waals surface area contributed by atoms with Crippen LogP contribution in [0.25, 0.3) is 0 Å². The van der Waals surface area contributed by atoms with Gasteiger partial charge in [0.25, 0.3) is 0 Å². The molecule has 0 bridgehead atoms. The second-order valence-corrected chi connectivity index (χ2v) is 2.35. The molecule has 0 atom stereocenters. The standard InChI is InChI=1S/C7H10N2O/c1-7(2,6-10)9-5-3-4-8/h3-4,6,8H,1-2H3. The molecule has 0 heterocycles. The van der Waals surface area contributed by atoms with Gasteiger partial charge >= 0.3 is 0 Å².